The average molecular weight is 350 g/mol. The number of benzene rings is 2. The van der Waals surface area contributed by atoms with Crippen molar-refractivity contribution in [2.45, 2.75) is 13.8 Å². The first kappa shape index (κ1) is 18.8. The summed E-state index contributed by atoms with van der Waals surface area (Å²) in [4.78, 5) is 23.0. The maximum atomic E-state index is 11.5. The van der Waals surface area contributed by atoms with Crippen molar-refractivity contribution in [2.75, 3.05) is 10.6 Å². The number of amides is 2. The molecular weight excluding hydrogens is 332 g/mol. The normalized spacial score (nSPS) is 11.8. The fourth-order valence-corrected chi connectivity index (χ4v) is 2.22. The smallest absolute Gasteiger partial charge is 0.247 e. The van der Waals surface area contributed by atoms with E-state index in [-0.39, 0.29) is 11.5 Å². The lowest BCUT2D eigenvalue weighted by atomic mass is 10.0. The van der Waals surface area contributed by atoms with Gasteiger partial charge in [0.25, 0.3) is 0 Å². The Hall–Kier alpha value is -3.54. The number of allylic oxidation sites excluding steroid dienone is 2. The zero-order valence-corrected chi connectivity index (χ0v) is 14.4. The Bertz CT molecular complexity index is 769. The van der Waals surface area contributed by atoms with Gasteiger partial charge in [-0.3, -0.25) is 9.59 Å². The van der Waals surface area contributed by atoms with Gasteiger partial charge in [0.15, 0.2) is 0 Å². The van der Waals surface area contributed by atoms with E-state index in [2.05, 4.69) is 10.6 Å². The first-order chi connectivity index (χ1) is 12.3. The van der Waals surface area contributed by atoms with E-state index in [1.807, 2.05) is 24.3 Å². The first-order valence-electron chi connectivity index (χ1n) is 7.86. The standard InChI is InChI=1S/C20H20N2O4/c1-13(23)11-19(25)21-17-7-3-15(4-8-17)16-5-9-18(10-6-16)22-20(26)12-14(2)24/h3-12,23-24H,1-2H3,(H,21,25)(H,22,26)/p-2/b13-11-,14-12-. The summed E-state index contributed by atoms with van der Waals surface area (Å²) in [7, 11) is 0. The minimum atomic E-state index is -0.465. The molecule has 2 aromatic carbocycles. The van der Waals surface area contributed by atoms with Gasteiger partial charge in [-0.15, -0.1) is 11.5 Å². The SMILES string of the molecule is C/C([O-])=C/C(=O)Nc1ccc(-c2ccc(NC(=O)/C=C(/C)[O-])cc2)cc1. The van der Waals surface area contributed by atoms with E-state index in [1.54, 1.807) is 24.3 Å². The Balaban J connectivity index is 2.05. The van der Waals surface area contributed by atoms with Crippen molar-refractivity contribution < 1.29 is 19.8 Å². The third-order valence-electron chi connectivity index (χ3n) is 3.31. The van der Waals surface area contributed by atoms with E-state index in [1.165, 1.54) is 13.8 Å². The van der Waals surface area contributed by atoms with Gasteiger partial charge in [0.2, 0.25) is 11.8 Å². The molecule has 2 amide bonds. The highest BCUT2D eigenvalue weighted by atomic mass is 16.3. The van der Waals surface area contributed by atoms with Crippen molar-refractivity contribution in [3.63, 3.8) is 0 Å². The van der Waals surface area contributed by atoms with Gasteiger partial charge in [-0.2, -0.15) is 0 Å². The Morgan fingerprint density at radius 3 is 1.27 bits per heavy atom. The topological polar surface area (TPSA) is 104 Å². The van der Waals surface area contributed by atoms with Crippen LogP contribution in [0.3, 0.4) is 0 Å². The minimum Gasteiger partial charge on any atom is -0.875 e. The largest absolute Gasteiger partial charge is 0.875 e. The van der Waals surface area contributed by atoms with Crippen molar-refractivity contribution in [1.82, 2.24) is 0 Å². The highest BCUT2D eigenvalue weighted by Crippen LogP contribution is 2.23. The van der Waals surface area contributed by atoms with Crippen LogP contribution in [0.2, 0.25) is 0 Å². The van der Waals surface area contributed by atoms with Gasteiger partial charge in [0.05, 0.1) is 0 Å². The van der Waals surface area contributed by atoms with Gasteiger partial charge < -0.3 is 20.8 Å². The van der Waals surface area contributed by atoms with Gasteiger partial charge in [0.1, 0.15) is 0 Å². The molecule has 0 bridgehead atoms. The maximum Gasteiger partial charge on any atom is 0.247 e. The van der Waals surface area contributed by atoms with Crippen molar-refractivity contribution in [1.29, 1.82) is 0 Å². The molecule has 0 unspecified atom stereocenters. The van der Waals surface area contributed by atoms with Crippen LogP contribution in [-0.4, -0.2) is 11.8 Å². The van der Waals surface area contributed by atoms with Crippen molar-refractivity contribution in [3.8, 4) is 11.1 Å². The molecule has 134 valence electrons. The third kappa shape index (κ3) is 5.83. The van der Waals surface area contributed by atoms with E-state index >= 15 is 0 Å². The minimum absolute atomic E-state index is 0.313. The number of hydrogen-bond acceptors (Lipinski definition) is 4. The summed E-state index contributed by atoms with van der Waals surface area (Å²) in [6.45, 7) is 2.62. The van der Waals surface area contributed by atoms with Crippen LogP contribution >= 0.6 is 0 Å². The van der Waals surface area contributed by atoms with Gasteiger partial charge >= 0.3 is 0 Å². The summed E-state index contributed by atoms with van der Waals surface area (Å²) in [5.74, 6) is -1.56. The molecule has 0 saturated carbocycles. The summed E-state index contributed by atoms with van der Waals surface area (Å²) < 4.78 is 0. The average Bonchev–Trinajstić information content (AvgIpc) is 2.54. The molecule has 0 saturated heterocycles. The molecule has 0 heterocycles. The summed E-state index contributed by atoms with van der Waals surface area (Å²) >= 11 is 0. The fourth-order valence-electron chi connectivity index (χ4n) is 2.22. The number of anilines is 2. The Morgan fingerprint density at radius 1 is 0.692 bits per heavy atom. The molecular formula is C20H18N2O4-2. The molecule has 2 aromatic rings. The molecule has 0 aliphatic heterocycles. The predicted octanol–water partition coefficient (Wildman–Crippen LogP) is 1.76. The van der Waals surface area contributed by atoms with Crippen LogP contribution in [0.1, 0.15) is 13.8 Å². The Kier molecular flexibility index (Phi) is 6.16. The Labute approximate surface area is 151 Å². The molecule has 0 fully saturated rings. The molecule has 0 spiro atoms. The second kappa shape index (κ2) is 8.53. The quantitative estimate of drug-likeness (QED) is 0.633. The summed E-state index contributed by atoms with van der Waals surface area (Å²) in [5.41, 5.74) is 3.01. The monoisotopic (exact) mass is 350 g/mol. The van der Waals surface area contributed by atoms with E-state index in [4.69, 9.17) is 0 Å². The van der Waals surface area contributed by atoms with Crippen LogP contribution in [0.15, 0.2) is 72.2 Å². The molecule has 26 heavy (non-hydrogen) atoms. The highest BCUT2D eigenvalue weighted by molar-refractivity contribution is 6.00. The van der Waals surface area contributed by atoms with Gasteiger partial charge in [-0.25, -0.2) is 0 Å². The molecule has 0 aliphatic carbocycles. The van der Waals surface area contributed by atoms with Crippen LogP contribution in [0.5, 0.6) is 0 Å². The predicted molar refractivity (Wildman–Crippen MR) is 96.7 cm³/mol. The lowest BCUT2D eigenvalue weighted by molar-refractivity contribution is -0.302. The van der Waals surface area contributed by atoms with Crippen molar-refractivity contribution in [3.05, 3.63) is 72.2 Å². The van der Waals surface area contributed by atoms with Gasteiger partial charge in [-0.05, 0) is 47.5 Å². The van der Waals surface area contributed by atoms with E-state index in [0.717, 1.165) is 23.3 Å². The molecule has 2 rings (SSSR count). The third-order valence-corrected chi connectivity index (χ3v) is 3.31. The summed E-state index contributed by atoms with van der Waals surface area (Å²) in [6.07, 6.45) is 1.98. The molecule has 0 radical (unpaired) electrons. The van der Waals surface area contributed by atoms with Crippen LogP contribution in [0, 0.1) is 0 Å². The number of carbonyl (C=O) groups is 2. The number of hydrogen-bond donors (Lipinski definition) is 2. The lowest BCUT2D eigenvalue weighted by Gasteiger charge is -2.08. The van der Waals surface area contributed by atoms with Crippen molar-refractivity contribution >= 4 is 23.2 Å². The lowest BCUT2D eigenvalue weighted by Crippen LogP contribution is -2.11. The van der Waals surface area contributed by atoms with Crippen LogP contribution < -0.4 is 20.8 Å². The van der Waals surface area contributed by atoms with Crippen molar-refractivity contribution in [2.24, 2.45) is 0 Å². The number of carbonyl (C=O) groups excluding carboxylic acids is 2. The van der Waals surface area contributed by atoms with Crippen LogP contribution in [0.25, 0.3) is 11.1 Å². The highest BCUT2D eigenvalue weighted by Gasteiger charge is 2.02. The molecule has 0 atom stereocenters. The number of rotatable bonds is 5. The zero-order valence-electron chi connectivity index (χ0n) is 14.4. The summed E-state index contributed by atoms with van der Waals surface area (Å²) in [5, 5.41) is 26.9. The summed E-state index contributed by atoms with van der Waals surface area (Å²) in [6, 6.07) is 14.3. The zero-order chi connectivity index (χ0) is 19.1. The van der Waals surface area contributed by atoms with Gasteiger partial charge in [-0.1, -0.05) is 38.1 Å². The molecule has 6 heteroatoms. The first-order valence-corrected chi connectivity index (χ1v) is 7.86. The molecule has 0 aromatic heterocycles. The molecule has 2 N–H and O–H groups in total. The van der Waals surface area contributed by atoms with Gasteiger partial charge in [0, 0.05) is 11.4 Å². The maximum absolute atomic E-state index is 11.5. The van der Waals surface area contributed by atoms with Crippen LogP contribution in [-0.2, 0) is 9.59 Å². The molecule has 6 nitrogen and oxygen atoms in total. The van der Waals surface area contributed by atoms with E-state index < -0.39 is 11.8 Å². The van der Waals surface area contributed by atoms with E-state index in [0.29, 0.717) is 11.4 Å². The fraction of sp³-hybridized carbons (Fsp3) is 0.100. The number of nitrogens with one attached hydrogen (secondary N) is 2. The molecule has 0 aliphatic rings. The second-order valence-electron chi connectivity index (χ2n) is 5.64. The van der Waals surface area contributed by atoms with Crippen LogP contribution in [0.4, 0.5) is 11.4 Å². The second-order valence-corrected chi connectivity index (χ2v) is 5.64. The Morgan fingerprint density at radius 2 is 1.00 bits per heavy atom. The van der Waals surface area contributed by atoms with E-state index in [9.17, 15) is 19.8 Å².